The molecular weight excluding hydrogens is 433 g/mol. The van der Waals surface area contributed by atoms with E-state index in [0.29, 0.717) is 40.5 Å². The van der Waals surface area contributed by atoms with E-state index in [1.807, 2.05) is 19.1 Å². The molecule has 1 fully saturated rings. The number of fused-ring (bicyclic) bond motifs is 3. The van der Waals surface area contributed by atoms with Crippen LogP contribution in [-0.4, -0.2) is 0 Å². The van der Waals surface area contributed by atoms with Crippen LogP contribution in [0.5, 0.6) is 0 Å². The first kappa shape index (κ1) is 14.8. The maximum atomic E-state index is 15.8. The molecule has 3 aromatic carbocycles. The van der Waals surface area contributed by atoms with Gasteiger partial charge in [-0.05, 0) is 66.9 Å². The summed E-state index contributed by atoms with van der Waals surface area (Å²) in [6.45, 7) is -0.456. The fourth-order valence-corrected chi connectivity index (χ4v) is 5.19. The number of furan rings is 1. The Bertz CT molecular complexity index is 1910. The Morgan fingerprint density at radius 2 is 1.69 bits per heavy atom. The van der Waals surface area contributed by atoms with Crippen molar-refractivity contribution in [2.75, 3.05) is 0 Å². The van der Waals surface area contributed by atoms with Gasteiger partial charge in [-0.1, -0.05) is 55.6 Å². The van der Waals surface area contributed by atoms with E-state index in [1.54, 1.807) is 36.0 Å². The molecule has 2 heterocycles. The fourth-order valence-electron chi connectivity index (χ4n) is 5.19. The van der Waals surface area contributed by atoms with Crippen LogP contribution in [0.3, 0.4) is 0 Å². The van der Waals surface area contributed by atoms with Crippen LogP contribution in [0.15, 0.2) is 71.2 Å². The van der Waals surface area contributed by atoms with Crippen molar-refractivity contribution in [3.63, 3.8) is 0 Å². The molecule has 6 rings (SSSR count). The molecule has 0 atom stereocenters. The second kappa shape index (κ2) is 8.64. The third-order valence-corrected chi connectivity index (χ3v) is 7.06. The second-order valence-electron chi connectivity index (χ2n) is 9.36. The third kappa shape index (κ3) is 3.74. The molecule has 0 spiro atoms. The van der Waals surface area contributed by atoms with Crippen molar-refractivity contribution in [2.24, 2.45) is 7.05 Å². The van der Waals surface area contributed by atoms with Crippen molar-refractivity contribution < 1.29 is 24.3 Å². The van der Waals surface area contributed by atoms with Crippen molar-refractivity contribution >= 4 is 21.9 Å². The average Bonchev–Trinajstić information content (AvgIpc) is 3.32. The van der Waals surface area contributed by atoms with Crippen LogP contribution in [0.25, 0.3) is 44.3 Å². The van der Waals surface area contributed by atoms with E-state index < -0.39 is 30.6 Å². The zero-order valence-electron chi connectivity index (χ0n) is 27.8. The summed E-state index contributed by atoms with van der Waals surface area (Å²) in [5, 5.41) is 1.16. The lowest BCUT2D eigenvalue weighted by Crippen LogP contribution is -2.30. The Morgan fingerprint density at radius 3 is 2.43 bits per heavy atom. The molecule has 0 amide bonds. The molecule has 176 valence electrons. The minimum absolute atomic E-state index is 0.0580. The van der Waals surface area contributed by atoms with Crippen LogP contribution < -0.4 is 4.57 Å². The van der Waals surface area contributed by atoms with E-state index in [9.17, 15) is 0 Å². The maximum Gasteiger partial charge on any atom is 0.216 e. The summed E-state index contributed by atoms with van der Waals surface area (Å²) in [5.74, 6) is -1.99. The van der Waals surface area contributed by atoms with E-state index in [0.717, 1.165) is 24.8 Å². The smallest absolute Gasteiger partial charge is 0.216 e. The zero-order valence-corrected chi connectivity index (χ0v) is 19.8. The van der Waals surface area contributed by atoms with Gasteiger partial charge in [-0.3, -0.25) is 0 Å². The van der Waals surface area contributed by atoms with Gasteiger partial charge in [0, 0.05) is 28.4 Å². The summed E-state index contributed by atoms with van der Waals surface area (Å²) in [7, 11) is 1.79. The molecule has 0 N–H and O–H groups in total. The number of pyridine rings is 1. The third-order valence-electron chi connectivity index (χ3n) is 7.06. The van der Waals surface area contributed by atoms with Crippen LogP contribution >= 0.6 is 0 Å². The number of rotatable bonds is 3. The molecule has 0 saturated heterocycles. The van der Waals surface area contributed by atoms with Gasteiger partial charge in [0.15, 0.2) is 6.20 Å². The van der Waals surface area contributed by atoms with Gasteiger partial charge in [-0.15, -0.1) is 0 Å². The second-order valence-corrected chi connectivity index (χ2v) is 9.36. The maximum absolute atomic E-state index is 15.8. The topological polar surface area (TPSA) is 17.0 Å². The summed E-state index contributed by atoms with van der Waals surface area (Å²) >= 11 is 0. The highest BCUT2D eigenvalue weighted by atomic mass is 19.1. The van der Waals surface area contributed by atoms with E-state index >= 15 is 4.39 Å². The molecule has 0 radical (unpaired) electrons. The molecule has 0 aliphatic heterocycles. The number of hydrogen-bond donors (Lipinski definition) is 0. The van der Waals surface area contributed by atoms with Crippen LogP contribution in [0, 0.1) is 19.6 Å². The SMILES string of the molecule is [2H]c1c([2H])c(C2([2H])CCCCC2)c([2H])c([2H])c1-c1c(F)ccc2c1oc1c(-c3cc(C([2H])([2H])[2H])cc[n+]3C)c(C)ccc12. The highest BCUT2D eigenvalue weighted by Crippen LogP contribution is 2.42. The van der Waals surface area contributed by atoms with Gasteiger partial charge in [0.1, 0.15) is 24.0 Å². The molecular formula is C32H31FNO+. The van der Waals surface area contributed by atoms with Crippen LogP contribution in [0.1, 0.15) is 65.7 Å². The van der Waals surface area contributed by atoms with E-state index in [1.165, 1.54) is 6.07 Å². The first-order valence-corrected chi connectivity index (χ1v) is 12.0. The predicted octanol–water partition coefficient (Wildman–Crippen LogP) is 8.55. The molecule has 1 saturated carbocycles. The average molecular weight is 473 g/mol. The largest absolute Gasteiger partial charge is 0.454 e. The lowest BCUT2D eigenvalue weighted by molar-refractivity contribution is -0.660. The minimum atomic E-state index is -2.33. The first-order chi connectivity index (χ1) is 20.2. The number of aryl methyl sites for hydroxylation is 3. The van der Waals surface area contributed by atoms with Crippen molar-refractivity contribution in [2.45, 2.75) is 51.8 Å². The van der Waals surface area contributed by atoms with Gasteiger partial charge in [0.05, 0.1) is 16.6 Å². The number of benzene rings is 3. The molecule has 1 aliphatic rings. The first-order valence-electron chi connectivity index (χ1n) is 16.0. The molecule has 2 nitrogen and oxygen atoms in total. The zero-order chi connectivity index (χ0) is 31.0. The summed E-state index contributed by atoms with van der Waals surface area (Å²) in [5.41, 5.74) is 2.29. The van der Waals surface area contributed by atoms with Gasteiger partial charge < -0.3 is 4.42 Å². The van der Waals surface area contributed by atoms with Crippen molar-refractivity contribution in [3.8, 4) is 22.4 Å². The summed E-state index contributed by atoms with van der Waals surface area (Å²) in [6, 6.07) is 8.15. The van der Waals surface area contributed by atoms with Crippen LogP contribution in [0.4, 0.5) is 4.39 Å². The van der Waals surface area contributed by atoms with Crippen LogP contribution in [-0.2, 0) is 7.05 Å². The molecule has 3 heteroatoms. The number of hydrogen-bond acceptors (Lipinski definition) is 1. The fraction of sp³-hybridized carbons (Fsp3) is 0.281. The van der Waals surface area contributed by atoms with Gasteiger partial charge in [0.2, 0.25) is 5.69 Å². The van der Waals surface area contributed by atoms with E-state index in [4.69, 9.17) is 15.4 Å². The molecule has 35 heavy (non-hydrogen) atoms. The highest BCUT2D eigenvalue weighted by molar-refractivity contribution is 6.13. The Balaban J connectivity index is 1.65. The summed E-state index contributed by atoms with van der Waals surface area (Å²) in [4.78, 5) is 0. The summed E-state index contributed by atoms with van der Waals surface area (Å²) in [6.07, 6.45) is 5.05. The molecule has 5 aromatic rings. The lowest BCUT2D eigenvalue weighted by Gasteiger charge is -2.22. The van der Waals surface area contributed by atoms with Gasteiger partial charge in [0.25, 0.3) is 0 Å². The van der Waals surface area contributed by atoms with Crippen molar-refractivity contribution in [3.05, 3.63) is 89.3 Å². The highest BCUT2D eigenvalue weighted by Gasteiger charge is 2.23. The van der Waals surface area contributed by atoms with Crippen molar-refractivity contribution in [1.29, 1.82) is 0 Å². The van der Waals surface area contributed by atoms with Gasteiger partial charge in [-0.2, -0.15) is 0 Å². The quantitative estimate of drug-likeness (QED) is 0.240. The van der Waals surface area contributed by atoms with E-state index in [-0.39, 0.29) is 39.9 Å². The van der Waals surface area contributed by atoms with Crippen LogP contribution in [0.2, 0.25) is 0 Å². The standard InChI is InChI=1S/C32H31FNO/c1-20-17-18-34(3)28(19-20)29-21(2)9-14-25-26-15-16-27(33)30(32(26)35-31(25)29)24-12-10-23(11-13-24)22-7-5-4-6-8-22/h9-19,22H,4-8H2,1-3H3/q+1/i1D3,10D,11D,12D,13D,22D. The molecule has 1 aliphatic carbocycles. The summed E-state index contributed by atoms with van der Waals surface area (Å²) < 4.78 is 92.2. The predicted molar refractivity (Wildman–Crippen MR) is 141 cm³/mol. The number of halogens is 1. The Hall–Kier alpha value is -3.46. The van der Waals surface area contributed by atoms with Crippen molar-refractivity contribution in [1.82, 2.24) is 0 Å². The number of nitrogens with zero attached hydrogens (tertiary/aromatic N) is 1. The van der Waals surface area contributed by atoms with E-state index in [2.05, 4.69) is 0 Å². The monoisotopic (exact) mass is 472 g/mol. The Morgan fingerprint density at radius 1 is 0.971 bits per heavy atom. The number of aromatic nitrogens is 1. The normalized spacial score (nSPS) is 19.3. The Kier molecular flexibility index (Phi) is 3.66. The Labute approximate surface area is 217 Å². The lowest BCUT2D eigenvalue weighted by atomic mass is 9.83. The molecule has 0 unspecified atom stereocenters. The molecule has 0 bridgehead atoms. The minimum Gasteiger partial charge on any atom is -0.454 e. The molecule has 2 aromatic heterocycles. The van der Waals surface area contributed by atoms with Gasteiger partial charge in [-0.25, -0.2) is 8.96 Å². The van der Waals surface area contributed by atoms with Gasteiger partial charge >= 0.3 is 0 Å².